The zero-order chi connectivity index (χ0) is 10.3. The lowest BCUT2D eigenvalue weighted by Crippen LogP contribution is -2.32. The van der Waals surface area contributed by atoms with Gasteiger partial charge in [0.25, 0.3) is 0 Å². The molecule has 0 bridgehead atoms. The van der Waals surface area contributed by atoms with Crippen LogP contribution in [0, 0.1) is 0 Å². The van der Waals surface area contributed by atoms with Gasteiger partial charge >= 0.3 is 0 Å². The van der Waals surface area contributed by atoms with Crippen LogP contribution in [-0.4, -0.2) is 43.9 Å². The second-order valence-corrected chi connectivity index (χ2v) is 2.89. The first kappa shape index (κ1) is 11.9. The van der Waals surface area contributed by atoms with Crippen molar-refractivity contribution in [3.63, 3.8) is 0 Å². The summed E-state index contributed by atoms with van der Waals surface area (Å²) < 4.78 is 0. The van der Waals surface area contributed by atoms with Crippen LogP contribution in [0.2, 0.25) is 0 Å². The smallest absolute Gasteiger partial charge is 0.223 e. The Morgan fingerprint density at radius 2 is 2.00 bits per heavy atom. The van der Waals surface area contributed by atoms with E-state index in [1.807, 2.05) is 0 Å². The topological polar surface area (TPSA) is 75.4 Å². The Labute approximate surface area is 78.3 Å². The van der Waals surface area contributed by atoms with Gasteiger partial charge in [0.1, 0.15) is 0 Å². The zero-order valence-electron chi connectivity index (χ0n) is 8.17. The van der Waals surface area contributed by atoms with Gasteiger partial charge < -0.3 is 16.0 Å². The maximum atomic E-state index is 11.2. The van der Waals surface area contributed by atoms with Gasteiger partial charge in [0.2, 0.25) is 11.8 Å². The predicted molar refractivity (Wildman–Crippen MR) is 50.0 cm³/mol. The van der Waals surface area contributed by atoms with Crippen LogP contribution < -0.4 is 11.1 Å². The number of rotatable bonds is 6. The Balaban J connectivity index is 3.62. The average molecular weight is 187 g/mol. The highest BCUT2D eigenvalue weighted by molar-refractivity contribution is 5.78. The van der Waals surface area contributed by atoms with Crippen LogP contribution in [0.25, 0.3) is 0 Å². The van der Waals surface area contributed by atoms with E-state index in [-0.39, 0.29) is 18.2 Å². The number of carbonyl (C=O) groups excluding carboxylic acids is 2. The number of nitrogens with zero attached hydrogens (tertiary/aromatic N) is 1. The molecule has 0 heterocycles. The van der Waals surface area contributed by atoms with E-state index in [0.717, 1.165) is 0 Å². The molecule has 0 atom stereocenters. The molecule has 0 saturated carbocycles. The molecule has 5 nitrogen and oxygen atoms in total. The lowest BCUT2D eigenvalue weighted by atomic mass is 10.3. The predicted octanol–water partition coefficient (Wildman–Crippen LogP) is -1.07. The molecule has 3 N–H and O–H groups in total. The van der Waals surface area contributed by atoms with E-state index in [9.17, 15) is 9.59 Å². The standard InChI is InChI=1S/C8H17N3O2/c1-10-5-3-8(13)11(2)6-4-7(9)12/h10H,3-6H2,1-2H3,(H2,9,12). The molecule has 0 aromatic carbocycles. The third-order valence-corrected chi connectivity index (χ3v) is 1.71. The molecule has 0 aliphatic carbocycles. The van der Waals surface area contributed by atoms with Crippen molar-refractivity contribution in [2.24, 2.45) is 5.73 Å². The second kappa shape index (κ2) is 6.42. The lowest BCUT2D eigenvalue weighted by Gasteiger charge is -2.15. The highest BCUT2D eigenvalue weighted by Crippen LogP contribution is 1.91. The summed E-state index contributed by atoms with van der Waals surface area (Å²) in [5.74, 6) is -0.358. The van der Waals surface area contributed by atoms with Gasteiger partial charge in [0.05, 0.1) is 0 Å². The Morgan fingerprint density at radius 1 is 1.38 bits per heavy atom. The minimum absolute atomic E-state index is 0.0237. The molecule has 0 aliphatic heterocycles. The van der Waals surface area contributed by atoms with Crippen LogP contribution in [0.4, 0.5) is 0 Å². The molecule has 0 radical (unpaired) electrons. The van der Waals surface area contributed by atoms with Crippen LogP contribution >= 0.6 is 0 Å². The summed E-state index contributed by atoms with van der Waals surface area (Å²) >= 11 is 0. The largest absolute Gasteiger partial charge is 0.370 e. The van der Waals surface area contributed by atoms with Gasteiger partial charge in [0, 0.05) is 33.0 Å². The Kier molecular flexibility index (Phi) is 5.88. The minimum atomic E-state index is -0.381. The maximum Gasteiger partial charge on any atom is 0.223 e. The lowest BCUT2D eigenvalue weighted by molar-refractivity contribution is -0.130. The number of nitrogens with one attached hydrogen (secondary N) is 1. The van der Waals surface area contributed by atoms with Crippen molar-refractivity contribution < 1.29 is 9.59 Å². The van der Waals surface area contributed by atoms with Gasteiger partial charge in [-0.1, -0.05) is 0 Å². The molecule has 76 valence electrons. The first-order chi connectivity index (χ1) is 6.07. The number of amides is 2. The van der Waals surface area contributed by atoms with Gasteiger partial charge in [0.15, 0.2) is 0 Å². The second-order valence-electron chi connectivity index (χ2n) is 2.89. The Morgan fingerprint density at radius 3 is 2.46 bits per heavy atom. The Bertz CT molecular complexity index is 182. The fourth-order valence-electron chi connectivity index (χ4n) is 0.825. The van der Waals surface area contributed by atoms with Gasteiger partial charge in [-0.05, 0) is 7.05 Å². The number of nitrogens with two attached hydrogens (primary N) is 1. The molecule has 0 rings (SSSR count). The molecular weight excluding hydrogens is 170 g/mol. The summed E-state index contributed by atoms with van der Waals surface area (Å²) in [5, 5.41) is 2.88. The van der Waals surface area contributed by atoms with Crippen molar-refractivity contribution in [1.82, 2.24) is 10.2 Å². The van der Waals surface area contributed by atoms with Gasteiger partial charge in [-0.2, -0.15) is 0 Å². The molecule has 0 saturated heterocycles. The SMILES string of the molecule is CNCCC(=O)N(C)CCC(N)=O. The minimum Gasteiger partial charge on any atom is -0.370 e. The van der Waals surface area contributed by atoms with Crippen LogP contribution in [0.15, 0.2) is 0 Å². The van der Waals surface area contributed by atoms with Crippen molar-refractivity contribution in [3.8, 4) is 0 Å². The van der Waals surface area contributed by atoms with Gasteiger partial charge in [-0.3, -0.25) is 9.59 Å². The van der Waals surface area contributed by atoms with Crippen LogP contribution in [0.3, 0.4) is 0 Å². The summed E-state index contributed by atoms with van der Waals surface area (Å²) in [6.45, 7) is 1.05. The summed E-state index contributed by atoms with van der Waals surface area (Å²) in [5.41, 5.74) is 4.95. The molecule has 0 aliphatic rings. The molecule has 0 spiro atoms. The van der Waals surface area contributed by atoms with E-state index in [1.165, 1.54) is 4.90 Å². The fraction of sp³-hybridized carbons (Fsp3) is 0.750. The van der Waals surface area contributed by atoms with E-state index in [1.54, 1.807) is 14.1 Å². The molecule has 2 amide bonds. The zero-order valence-corrected chi connectivity index (χ0v) is 8.17. The molecular formula is C8H17N3O2. The fourth-order valence-corrected chi connectivity index (χ4v) is 0.825. The normalized spacial score (nSPS) is 9.69. The van der Waals surface area contributed by atoms with E-state index < -0.39 is 0 Å². The number of carbonyl (C=O) groups is 2. The molecule has 0 aromatic rings. The molecule has 0 aromatic heterocycles. The molecule has 0 fully saturated rings. The molecule has 5 heteroatoms. The van der Waals surface area contributed by atoms with Gasteiger partial charge in [-0.25, -0.2) is 0 Å². The van der Waals surface area contributed by atoms with Crippen molar-refractivity contribution in [2.45, 2.75) is 12.8 Å². The Hall–Kier alpha value is -1.10. The monoisotopic (exact) mass is 187 g/mol. The van der Waals surface area contributed by atoms with Crippen LogP contribution in [0.5, 0.6) is 0 Å². The van der Waals surface area contributed by atoms with Crippen molar-refractivity contribution in [1.29, 1.82) is 0 Å². The van der Waals surface area contributed by atoms with Gasteiger partial charge in [-0.15, -0.1) is 0 Å². The maximum absolute atomic E-state index is 11.2. The third kappa shape index (κ3) is 6.10. The number of hydrogen-bond acceptors (Lipinski definition) is 3. The summed E-state index contributed by atoms with van der Waals surface area (Å²) in [6, 6.07) is 0. The van der Waals surface area contributed by atoms with E-state index in [0.29, 0.717) is 19.5 Å². The summed E-state index contributed by atoms with van der Waals surface area (Å²) in [4.78, 5) is 23.2. The van der Waals surface area contributed by atoms with Crippen molar-refractivity contribution in [2.75, 3.05) is 27.2 Å². The van der Waals surface area contributed by atoms with E-state index in [2.05, 4.69) is 5.32 Å². The first-order valence-corrected chi connectivity index (χ1v) is 4.24. The highest BCUT2D eigenvalue weighted by atomic mass is 16.2. The van der Waals surface area contributed by atoms with Crippen molar-refractivity contribution in [3.05, 3.63) is 0 Å². The quantitative estimate of drug-likeness (QED) is 0.556. The van der Waals surface area contributed by atoms with Crippen LogP contribution in [0.1, 0.15) is 12.8 Å². The average Bonchev–Trinajstić information content (AvgIpc) is 2.10. The van der Waals surface area contributed by atoms with Crippen molar-refractivity contribution >= 4 is 11.8 Å². The first-order valence-electron chi connectivity index (χ1n) is 4.24. The third-order valence-electron chi connectivity index (χ3n) is 1.71. The van der Waals surface area contributed by atoms with E-state index in [4.69, 9.17) is 5.73 Å². The summed E-state index contributed by atoms with van der Waals surface area (Å²) in [6.07, 6.45) is 0.674. The van der Waals surface area contributed by atoms with E-state index >= 15 is 0 Å². The number of hydrogen-bond donors (Lipinski definition) is 2. The van der Waals surface area contributed by atoms with Crippen LogP contribution in [-0.2, 0) is 9.59 Å². The molecule has 0 unspecified atom stereocenters. The highest BCUT2D eigenvalue weighted by Gasteiger charge is 2.07. The molecule has 13 heavy (non-hydrogen) atoms. The number of primary amides is 1. The summed E-state index contributed by atoms with van der Waals surface area (Å²) in [7, 11) is 3.46.